The summed E-state index contributed by atoms with van der Waals surface area (Å²) in [7, 11) is -1.65. The number of aryl methyl sites for hydroxylation is 1. The van der Waals surface area contributed by atoms with Crippen LogP contribution in [0.4, 0.5) is 0 Å². The number of nitrogens with zero attached hydrogens (tertiary/aromatic N) is 2. The molecule has 1 saturated carbocycles. The molecule has 1 aliphatic carbocycles. The predicted molar refractivity (Wildman–Crippen MR) is 79.3 cm³/mol. The summed E-state index contributed by atoms with van der Waals surface area (Å²) in [5, 5.41) is 15.5. The van der Waals surface area contributed by atoms with Crippen LogP contribution in [0.1, 0.15) is 36.9 Å². The maximum absolute atomic E-state index is 12.2. The third kappa shape index (κ3) is 3.82. The second-order valence-electron chi connectivity index (χ2n) is 5.61. The Kier molecular flexibility index (Phi) is 5.37. The molecule has 0 spiro atoms. The molecule has 120 valence electrons. The average Bonchev–Trinajstić information content (AvgIpc) is 3.07. The van der Waals surface area contributed by atoms with E-state index in [1.165, 1.54) is 25.7 Å². The number of aliphatic hydroxyl groups is 1. The van der Waals surface area contributed by atoms with Crippen LogP contribution in [0.2, 0.25) is 0 Å². The summed E-state index contributed by atoms with van der Waals surface area (Å²) in [6.45, 7) is 2.35. The lowest BCUT2D eigenvalue weighted by molar-refractivity contribution is 0.249. The second-order valence-corrected chi connectivity index (χ2v) is 7.29. The summed E-state index contributed by atoms with van der Waals surface area (Å²) in [6, 6.07) is 0.565. The van der Waals surface area contributed by atoms with Crippen molar-refractivity contribution in [2.75, 3.05) is 20.1 Å². The van der Waals surface area contributed by atoms with Crippen LogP contribution in [0.3, 0.4) is 0 Å². The Labute approximate surface area is 125 Å². The highest BCUT2D eigenvalue weighted by molar-refractivity contribution is 7.89. The fourth-order valence-electron chi connectivity index (χ4n) is 2.79. The molecule has 1 aliphatic rings. The molecule has 0 amide bonds. The van der Waals surface area contributed by atoms with Crippen LogP contribution < -0.4 is 4.72 Å². The Hall–Kier alpha value is -0.960. The van der Waals surface area contributed by atoms with E-state index in [2.05, 4.69) is 19.8 Å². The van der Waals surface area contributed by atoms with Crippen LogP contribution in [0.15, 0.2) is 5.03 Å². The Bertz CT molecular complexity index is 564. The van der Waals surface area contributed by atoms with Gasteiger partial charge in [-0.3, -0.25) is 5.10 Å². The fraction of sp³-hybridized carbons (Fsp3) is 0.769. The molecular formula is C13H24N4O3S. The summed E-state index contributed by atoms with van der Waals surface area (Å²) in [6.07, 6.45) is 4.90. The molecule has 2 rings (SSSR count). The van der Waals surface area contributed by atoms with Crippen molar-refractivity contribution in [2.24, 2.45) is 0 Å². The van der Waals surface area contributed by atoms with Gasteiger partial charge in [-0.05, 0) is 26.8 Å². The zero-order chi connectivity index (χ0) is 15.5. The minimum absolute atomic E-state index is 0.106. The van der Waals surface area contributed by atoms with E-state index in [1.807, 2.05) is 7.05 Å². The van der Waals surface area contributed by atoms with Crippen LogP contribution in [-0.2, 0) is 16.6 Å². The third-order valence-corrected chi connectivity index (χ3v) is 5.58. The van der Waals surface area contributed by atoms with Crippen LogP contribution >= 0.6 is 0 Å². The number of aliphatic hydroxyl groups excluding tert-OH is 1. The van der Waals surface area contributed by atoms with Crippen LogP contribution in [0.5, 0.6) is 0 Å². The lowest BCUT2D eigenvalue weighted by atomic mass is 10.2. The zero-order valence-electron chi connectivity index (χ0n) is 12.6. The molecule has 1 fully saturated rings. The lowest BCUT2D eigenvalue weighted by Crippen LogP contribution is -2.37. The molecule has 0 radical (unpaired) electrons. The number of hydrogen-bond acceptors (Lipinski definition) is 5. The van der Waals surface area contributed by atoms with Gasteiger partial charge in [0, 0.05) is 30.4 Å². The number of rotatable bonds is 7. The number of H-pyrrole nitrogens is 1. The molecule has 0 unspecified atom stereocenters. The quantitative estimate of drug-likeness (QED) is 0.675. The molecule has 0 bridgehead atoms. The molecule has 3 N–H and O–H groups in total. The van der Waals surface area contributed by atoms with Crippen LogP contribution in [0.25, 0.3) is 0 Å². The third-order valence-electron chi connectivity index (χ3n) is 4.15. The van der Waals surface area contributed by atoms with E-state index in [0.29, 0.717) is 30.4 Å². The van der Waals surface area contributed by atoms with Crippen molar-refractivity contribution >= 4 is 10.0 Å². The molecule has 21 heavy (non-hydrogen) atoms. The number of nitrogens with one attached hydrogen (secondary N) is 2. The number of likely N-dealkylation sites (N-methyl/N-ethyl adjacent to an activating group) is 1. The Morgan fingerprint density at radius 2 is 2.10 bits per heavy atom. The van der Waals surface area contributed by atoms with E-state index < -0.39 is 10.0 Å². The topological polar surface area (TPSA) is 98.3 Å². The molecule has 8 heteroatoms. The SMILES string of the molecule is Cc1[nH]nc(S(=O)(=O)NCCN(C)C2CCCC2)c1CO. The summed E-state index contributed by atoms with van der Waals surface area (Å²) in [5.41, 5.74) is 0.896. The van der Waals surface area contributed by atoms with Gasteiger partial charge in [0.05, 0.1) is 6.61 Å². The smallest absolute Gasteiger partial charge is 0.260 e. The van der Waals surface area contributed by atoms with Crippen molar-refractivity contribution in [3.8, 4) is 0 Å². The Morgan fingerprint density at radius 3 is 2.71 bits per heavy atom. The number of sulfonamides is 1. The Balaban J connectivity index is 1.92. The van der Waals surface area contributed by atoms with Crippen molar-refractivity contribution in [3.63, 3.8) is 0 Å². The minimum atomic E-state index is -3.68. The van der Waals surface area contributed by atoms with E-state index in [4.69, 9.17) is 0 Å². The van der Waals surface area contributed by atoms with Gasteiger partial charge < -0.3 is 10.0 Å². The highest BCUT2D eigenvalue weighted by Gasteiger charge is 2.24. The maximum atomic E-state index is 12.2. The summed E-state index contributed by atoms with van der Waals surface area (Å²) in [5.74, 6) is 0. The molecule has 1 aromatic rings. The van der Waals surface area contributed by atoms with Crippen molar-refractivity contribution in [2.45, 2.75) is 50.3 Å². The number of aromatic nitrogens is 2. The van der Waals surface area contributed by atoms with Gasteiger partial charge in [-0.1, -0.05) is 12.8 Å². The molecule has 0 aromatic carbocycles. The first-order valence-electron chi connectivity index (χ1n) is 7.30. The molecule has 1 aromatic heterocycles. The zero-order valence-corrected chi connectivity index (χ0v) is 13.4. The highest BCUT2D eigenvalue weighted by Crippen LogP contribution is 2.22. The average molecular weight is 316 g/mol. The second kappa shape index (κ2) is 6.87. The van der Waals surface area contributed by atoms with Crippen molar-refractivity contribution in [1.29, 1.82) is 0 Å². The molecule has 7 nitrogen and oxygen atoms in total. The van der Waals surface area contributed by atoms with Gasteiger partial charge in [0.1, 0.15) is 0 Å². The van der Waals surface area contributed by atoms with Gasteiger partial charge in [-0.25, -0.2) is 13.1 Å². The van der Waals surface area contributed by atoms with Crippen LogP contribution in [-0.4, -0.2) is 54.8 Å². The van der Waals surface area contributed by atoms with Gasteiger partial charge in [0.15, 0.2) is 5.03 Å². The van der Waals surface area contributed by atoms with Crippen molar-refractivity contribution in [1.82, 2.24) is 19.8 Å². The Morgan fingerprint density at radius 1 is 1.43 bits per heavy atom. The summed E-state index contributed by atoms with van der Waals surface area (Å²) >= 11 is 0. The summed E-state index contributed by atoms with van der Waals surface area (Å²) in [4.78, 5) is 2.21. The van der Waals surface area contributed by atoms with Gasteiger partial charge >= 0.3 is 0 Å². The maximum Gasteiger partial charge on any atom is 0.260 e. The predicted octanol–water partition coefficient (Wildman–Crippen LogP) is 0.363. The summed E-state index contributed by atoms with van der Waals surface area (Å²) < 4.78 is 27.0. The van der Waals surface area contributed by atoms with Gasteiger partial charge in [0.2, 0.25) is 0 Å². The monoisotopic (exact) mass is 316 g/mol. The van der Waals surface area contributed by atoms with E-state index in [-0.39, 0.29) is 11.6 Å². The van der Waals surface area contributed by atoms with Gasteiger partial charge in [-0.2, -0.15) is 5.10 Å². The molecule has 0 atom stereocenters. The molecule has 0 saturated heterocycles. The first-order valence-corrected chi connectivity index (χ1v) is 8.78. The number of hydrogen-bond donors (Lipinski definition) is 3. The molecular weight excluding hydrogens is 292 g/mol. The van der Waals surface area contributed by atoms with Gasteiger partial charge in [-0.15, -0.1) is 0 Å². The highest BCUT2D eigenvalue weighted by atomic mass is 32.2. The lowest BCUT2D eigenvalue weighted by Gasteiger charge is -2.23. The standard InChI is InChI=1S/C13H24N4O3S/c1-10-12(9-18)13(16-15-10)21(19,20)14-7-8-17(2)11-5-3-4-6-11/h11,14,18H,3-9H2,1-2H3,(H,15,16). The van der Waals surface area contributed by atoms with Gasteiger partial charge in [0.25, 0.3) is 10.0 Å². The minimum Gasteiger partial charge on any atom is -0.392 e. The molecule has 0 aliphatic heterocycles. The van der Waals surface area contributed by atoms with Crippen LogP contribution in [0, 0.1) is 6.92 Å². The number of aromatic amines is 1. The fourth-order valence-corrected chi connectivity index (χ4v) is 4.00. The van der Waals surface area contributed by atoms with E-state index in [9.17, 15) is 13.5 Å². The van der Waals surface area contributed by atoms with E-state index >= 15 is 0 Å². The van der Waals surface area contributed by atoms with Crippen molar-refractivity contribution < 1.29 is 13.5 Å². The normalized spacial score (nSPS) is 17.0. The largest absolute Gasteiger partial charge is 0.392 e. The first kappa shape index (κ1) is 16.4. The first-order chi connectivity index (χ1) is 9.95. The van der Waals surface area contributed by atoms with Crippen molar-refractivity contribution in [3.05, 3.63) is 11.3 Å². The molecule has 1 heterocycles. The van der Waals surface area contributed by atoms with E-state index in [1.54, 1.807) is 6.92 Å². The van der Waals surface area contributed by atoms with E-state index in [0.717, 1.165) is 0 Å².